The number of carbonyl (C=O) groups is 1. The lowest BCUT2D eigenvalue weighted by molar-refractivity contribution is -0.128. The summed E-state index contributed by atoms with van der Waals surface area (Å²) in [5, 5.41) is 3.49. The first-order valence-electron chi connectivity index (χ1n) is 5.73. The molecular formula is C13H18N2O. The van der Waals surface area contributed by atoms with Crippen LogP contribution in [-0.2, 0) is 11.3 Å². The minimum Gasteiger partial charge on any atom is -0.382 e. The molecule has 1 aromatic rings. The van der Waals surface area contributed by atoms with Gasteiger partial charge in [0, 0.05) is 32.2 Å². The van der Waals surface area contributed by atoms with Crippen molar-refractivity contribution in [3.8, 4) is 0 Å². The molecule has 0 aromatic heterocycles. The molecule has 1 fully saturated rings. The average molecular weight is 218 g/mol. The molecule has 1 amide bonds. The van der Waals surface area contributed by atoms with Crippen LogP contribution < -0.4 is 5.32 Å². The highest BCUT2D eigenvalue weighted by molar-refractivity contribution is 5.73. The Labute approximate surface area is 96.5 Å². The predicted octanol–water partition coefficient (Wildman–Crippen LogP) is 2.24. The van der Waals surface area contributed by atoms with Crippen LogP contribution in [0, 0.1) is 0 Å². The molecule has 3 heteroatoms. The molecule has 0 heterocycles. The Kier molecular flexibility index (Phi) is 3.13. The highest BCUT2D eigenvalue weighted by Crippen LogP contribution is 2.27. The lowest BCUT2D eigenvalue weighted by Crippen LogP contribution is -2.23. The van der Waals surface area contributed by atoms with Gasteiger partial charge in [-0.15, -0.1) is 0 Å². The Bertz CT molecular complexity index is 385. The van der Waals surface area contributed by atoms with Crippen LogP contribution in [-0.4, -0.2) is 23.9 Å². The summed E-state index contributed by atoms with van der Waals surface area (Å²) in [6.07, 6.45) is 2.52. The van der Waals surface area contributed by atoms with E-state index in [-0.39, 0.29) is 5.91 Å². The van der Waals surface area contributed by atoms with Crippen LogP contribution in [0.4, 0.5) is 5.69 Å². The second kappa shape index (κ2) is 4.56. The van der Waals surface area contributed by atoms with Gasteiger partial charge in [-0.2, -0.15) is 0 Å². The van der Waals surface area contributed by atoms with Crippen molar-refractivity contribution in [2.24, 2.45) is 0 Å². The molecular weight excluding hydrogens is 200 g/mol. The van der Waals surface area contributed by atoms with Gasteiger partial charge < -0.3 is 10.2 Å². The first kappa shape index (κ1) is 11.0. The van der Waals surface area contributed by atoms with E-state index in [0.29, 0.717) is 12.6 Å². The highest BCUT2D eigenvalue weighted by atomic mass is 16.2. The molecule has 3 nitrogen and oxygen atoms in total. The molecule has 0 unspecified atom stereocenters. The van der Waals surface area contributed by atoms with Crippen molar-refractivity contribution in [2.45, 2.75) is 32.4 Å². The minimum absolute atomic E-state index is 0.0984. The van der Waals surface area contributed by atoms with Gasteiger partial charge in [0.05, 0.1) is 0 Å². The van der Waals surface area contributed by atoms with E-state index in [9.17, 15) is 4.79 Å². The van der Waals surface area contributed by atoms with Crippen LogP contribution in [0.15, 0.2) is 24.3 Å². The van der Waals surface area contributed by atoms with Crippen LogP contribution in [0.25, 0.3) is 0 Å². The number of nitrogens with zero attached hydrogens (tertiary/aromatic N) is 1. The van der Waals surface area contributed by atoms with Crippen molar-refractivity contribution in [2.75, 3.05) is 12.4 Å². The van der Waals surface area contributed by atoms with E-state index in [0.717, 1.165) is 5.69 Å². The van der Waals surface area contributed by atoms with Crippen LogP contribution in [0.3, 0.4) is 0 Å². The summed E-state index contributed by atoms with van der Waals surface area (Å²) in [4.78, 5) is 12.9. The highest BCUT2D eigenvalue weighted by Gasteiger charge is 2.21. The van der Waals surface area contributed by atoms with Crippen molar-refractivity contribution in [1.82, 2.24) is 4.90 Å². The molecule has 0 radical (unpaired) electrons. The normalized spacial score (nSPS) is 14.6. The van der Waals surface area contributed by atoms with E-state index < -0.39 is 0 Å². The van der Waals surface area contributed by atoms with E-state index in [4.69, 9.17) is 0 Å². The maximum absolute atomic E-state index is 11.2. The molecule has 1 aliphatic rings. The zero-order chi connectivity index (χ0) is 11.5. The number of benzene rings is 1. The Morgan fingerprint density at radius 2 is 2.12 bits per heavy atom. The van der Waals surface area contributed by atoms with Crippen LogP contribution >= 0.6 is 0 Å². The van der Waals surface area contributed by atoms with Crippen molar-refractivity contribution in [3.05, 3.63) is 29.8 Å². The van der Waals surface area contributed by atoms with Crippen LogP contribution in [0.1, 0.15) is 25.3 Å². The van der Waals surface area contributed by atoms with E-state index in [1.54, 1.807) is 11.8 Å². The summed E-state index contributed by atoms with van der Waals surface area (Å²) < 4.78 is 0. The van der Waals surface area contributed by atoms with Gasteiger partial charge in [0.15, 0.2) is 0 Å². The summed E-state index contributed by atoms with van der Waals surface area (Å²) in [5.41, 5.74) is 2.35. The first-order valence-corrected chi connectivity index (χ1v) is 5.73. The fourth-order valence-electron chi connectivity index (χ4n) is 1.61. The largest absolute Gasteiger partial charge is 0.382 e. The lowest BCUT2D eigenvalue weighted by atomic mass is 10.1. The fourth-order valence-corrected chi connectivity index (χ4v) is 1.61. The molecule has 1 aliphatic carbocycles. The third-order valence-electron chi connectivity index (χ3n) is 2.90. The van der Waals surface area contributed by atoms with E-state index in [2.05, 4.69) is 17.4 Å². The SMILES string of the molecule is CC(=O)N(C)Cc1ccccc1NC1CC1. The topological polar surface area (TPSA) is 32.3 Å². The Morgan fingerprint density at radius 3 is 2.75 bits per heavy atom. The zero-order valence-electron chi connectivity index (χ0n) is 9.86. The summed E-state index contributed by atoms with van der Waals surface area (Å²) in [5.74, 6) is 0.0984. The monoisotopic (exact) mass is 218 g/mol. The zero-order valence-corrected chi connectivity index (χ0v) is 9.86. The molecule has 0 bridgehead atoms. The number of anilines is 1. The fraction of sp³-hybridized carbons (Fsp3) is 0.462. The molecule has 0 saturated heterocycles. The number of hydrogen-bond acceptors (Lipinski definition) is 2. The van der Waals surface area contributed by atoms with Gasteiger partial charge in [-0.3, -0.25) is 4.79 Å². The molecule has 2 rings (SSSR count). The van der Waals surface area contributed by atoms with E-state index in [1.807, 2.05) is 19.2 Å². The average Bonchev–Trinajstić information content (AvgIpc) is 3.04. The Morgan fingerprint density at radius 1 is 1.44 bits per heavy atom. The molecule has 0 spiro atoms. The maximum Gasteiger partial charge on any atom is 0.219 e. The predicted molar refractivity (Wildman–Crippen MR) is 65.2 cm³/mol. The Hall–Kier alpha value is -1.51. The van der Waals surface area contributed by atoms with Crippen molar-refractivity contribution < 1.29 is 4.79 Å². The minimum atomic E-state index is 0.0984. The summed E-state index contributed by atoms with van der Waals surface area (Å²) >= 11 is 0. The molecule has 0 aliphatic heterocycles. The van der Waals surface area contributed by atoms with Crippen LogP contribution in [0.5, 0.6) is 0 Å². The van der Waals surface area contributed by atoms with Gasteiger partial charge in [-0.1, -0.05) is 18.2 Å². The van der Waals surface area contributed by atoms with Crippen molar-refractivity contribution in [3.63, 3.8) is 0 Å². The molecule has 1 saturated carbocycles. The summed E-state index contributed by atoms with van der Waals surface area (Å²) in [7, 11) is 1.83. The van der Waals surface area contributed by atoms with Gasteiger partial charge in [-0.05, 0) is 24.5 Å². The van der Waals surface area contributed by atoms with Gasteiger partial charge in [0.2, 0.25) is 5.91 Å². The maximum atomic E-state index is 11.2. The van der Waals surface area contributed by atoms with Gasteiger partial charge in [-0.25, -0.2) is 0 Å². The number of rotatable bonds is 4. The number of hydrogen-bond donors (Lipinski definition) is 1. The van der Waals surface area contributed by atoms with E-state index in [1.165, 1.54) is 18.4 Å². The van der Waals surface area contributed by atoms with Gasteiger partial charge >= 0.3 is 0 Å². The first-order chi connectivity index (χ1) is 7.66. The van der Waals surface area contributed by atoms with Gasteiger partial charge in [0.1, 0.15) is 0 Å². The van der Waals surface area contributed by atoms with Crippen molar-refractivity contribution in [1.29, 1.82) is 0 Å². The second-order valence-electron chi connectivity index (χ2n) is 4.45. The third-order valence-corrected chi connectivity index (χ3v) is 2.90. The lowest BCUT2D eigenvalue weighted by Gasteiger charge is -2.18. The third kappa shape index (κ3) is 2.75. The smallest absolute Gasteiger partial charge is 0.219 e. The molecule has 0 atom stereocenters. The summed E-state index contributed by atoms with van der Waals surface area (Å²) in [6, 6.07) is 8.85. The van der Waals surface area contributed by atoms with E-state index >= 15 is 0 Å². The standard InChI is InChI=1S/C13H18N2O/c1-10(16)15(2)9-11-5-3-4-6-13(11)14-12-7-8-12/h3-6,12,14H,7-9H2,1-2H3. The molecule has 1 aromatic carbocycles. The number of para-hydroxylation sites is 1. The second-order valence-corrected chi connectivity index (χ2v) is 4.45. The van der Waals surface area contributed by atoms with Crippen LogP contribution in [0.2, 0.25) is 0 Å². The van der Waals surface area contributed by atoms with Crippen molar-refractivity contribution >= 4 is 11.6 Å². The Balaban J connectivity index is 2.08. The molecule has 86 valence electrons. The number of carbonyl (C=O) groups excluding carboxylic acids is 1. The number of amides is 1. The van der Waals surface area contributed by atoms with Gasteiger partial charge in [0.25, 0.3) is 0 Å². The quantitative estimate of drug-likeness (QED) is 0.840. The summed E-state index contributed by atoms with van der Waals surface area (Å²) in [6.45, 7) is 2.27. The molecule has 16 heavy (non-hydrogen) atoms. The molecule has 1 N–H and O–H groups in total. The number of nitrogens with one attached hydrogen (secondary N) is 1.